The van der Waals surface area contributed by atoms with Crippen molar-refractivity contribution in [2.24, 2.45) is 5.73 Å². The van der Waals surface area contributed by atoms with Crippen LogP contribution < -0.4 is 25.8 Å². The van der Waals surface area contributed by atoms with Crippen LogP contribution in [0.5, 0.6) is 11.5 Å². The maximum Gasteiger partial charge on any atom is 0.387 e. The number of hydrogen-bond donors (Lipinski definition) is 3. The molecule has 0 aliphatic heterocycles. The number of nitrogens with one attached hydrogen (secondary N) is 2. The van der Waals surface area contributed by atoms with E-state index in [1.165, 1.54) is 0 Å². The van der Waals surface area contributed by atoms with Crippen molar-refractivity contribution in [1.29, 1.82) is 0 Å². The molecule has 0 atom stereocenters. The molecule has 1 rings (SSSR count). The topological polar surface area (TPSA) is 103 Å². The molecule has 1 aromatic carbocycles. The molecular weight excluding hydrogens is 326 g/mol. The molecule has 0 bridgehead atoms. The Hall–Kier alpha value is -2.56. The Balaban J connectivity index is 2.82. The van der Waals surface area contributed by atoms with Gasteiger partial charge in [0, 0.05) is 6.07 Å². The van der Waals surface area contributed by atoms with Gasteiger partial charge in [-0.05, 0) is 12.1 Å². The minimum absolute atomic E-state index is 0.209. The summed E-state index contributed by atoms with van der Waals surface area (Å²) < 4.78 is 57.1. The lowest BCUT2D eigenvalue weighted by atomic mass is 10.2. The number of ether oxygens (including phenoxy) is 2. The Kier molecular flexibility index (Phi) is 7.06. The molecule has 2 amide bonds. The second-order valence-electron chi connectivity index (χ2n) is 3.94. The van der Waals surface area contributed by atoms with Crippen LogP contribution in [0.1, 0.15) is 0 Å². The van der Waals surface area contributed by atoms with Crippen molar-refractivity contribution >= 4 is 17.5 Å². The number of rotatable bonds is 8. The summed E-state index contributed by atoms with van der Waals surface area (Å²) in [5.74, 6) is -2.35. The van der Waals surface area contributed by atoms with Crippen molar-refractivity contribution < 1.29 is 36.6 Å². The van der Waals surface area contributed by atoms with Gasteiger partial charge in [0.05, 0.1) is 18.8 Å². The molecule has 0 spiro atoms. The lowest BCUT2D eigenvalue weighted by molar-refractivity contribution is -0.123. The van der Waals surface area contributed by atoms with Gasteiger partial charge in [-0.3, -0.25) is 9.59 Å². The molecule has 0 fully saturated rings. The smallest absolute Gasteiger partial charge is 0.387 e. The fraction of sp³-hybridized carbons (Fsp3) is 0.333. The molecule has 4 N–H and O–H groups in total. The van der Waals surface area contributed by atoms with Crippen LogP contribution in [0, 0.1) is 0 Å². The van der Waals surface area contributed by atoms with Crippen molar-refractivity contribution in [3.8, 4) is 11.5 Å². The zero-order valence-electron chi connectivity index (χ0n) is 11.5. The first-order valence-corrected chi connectivity index (χ1v) is 6.12. The number of nitrogens with two attached hydrogens (primary N) is 1. The third kappa shape index (κ3) is 6.82. The molecule has 0 aliphatic rings. The fourth-order valence-corrected chi connectivity index (χ4v) is 1.42. The average molecular weight is 339 g/mol. The summed E-state index contributed by atoms with van der Waals surface area (Å²) in [6, 6.07) is 2.84. The van der Waals surface area contributed by atoms with E-state index in [1.807, 2.05) is 0 Å². The van der Waals surface area contributed by atoms with Crippen LogP contribution >= 0.6 is 0 Å². The minimum atomic E-state index is -3.25. The molecule has 0 heterocycles. The highest BCUT2D eigenvalue weighted by molar-refractivity contribution is 5.95. The Morgan fingerprint density at radius 1 is 1.09 bits per heavy atom. The molecule has 128 valence electrons. The van der Waals surface area contributed by atoms with E-state index in [9.17, 15) is 27.2 Å². The van der Waals surface area contributed by atoms with Crippen molar-refractivity contribution in [3.63, 3.8) is 0 Å². The van der Waals surface area contributed by atoms with Gasteiger partial charge in [-0.25, -0.2) is 0 Å². The maximum atomic E-state index is 12.3. The van der Waals surface area contributed by atoms with Crippen molar-refractivity contribution in [1.82, 2.24) is 5.32 Å². The van der Waals surface area contributed by atoms with E-state index in [-0.39, 0.29) is 12.2 Å². The Morgan fingerprint density at radius 2 is 1.74 bits per heavy atom. The first-order valence-electron chi connectivity index (χ1n) is 6.12. The summed E-state index contributed by atoms with van der Waals surface area (Å²) >= 11 is 0. The third-order valence-electron chi connectivity index (χ3n) is 2.30. The Labute approximate surface area is 127 Å². The maximum absolute atomic E-state index is 12.3. The molecule has 7 nitrogen and oxygen atoms in total. The number of hydrogen-bond acceptors (Lipinski definition) is 5. The highest BCUT2D eigenvalue weighted by atomic mass is 19.3. The summed E-state index contributed by atoms with van der Waals surface area (Å²) in [5, 5.41) is 4.34. The molecule has 0 saturated heterocycles. The molecule has 23 heavy (non-hydrogen) atoms. The first kappa shape index (κ1) is 18.5. The number of carbonyl (C=O) groups excluding carboxylic acids is 2. The minimum Gasteiger partial charge on any atom is -0.435 e. The van der Waals surface area contributed by atoms with Crippen LogP contribution in [0.4, 0.5) is 23.2 Å². The van der Waals surface area contributed by atoms with E-state index in [2.05, 4.69) is 20.1 Å². The van der Waals surface area contributed by atoms with Crippen LogP contribution in [0.2, 0.25) is 0 Å². The fourth-order valence-electron chi connectivity index (χ4n) is 1.42. The van der Waals surface area contributed by atoms with E-state index in [0.717, 1.165) is 18.2 Å². The quantitative estimate of drug-likeness (QED) is 0.611. The zero-order chi connectivity index (χ0) is 17.4. The second kappa shape index (κ2) is 8.78. The van der Waals surface area contributed by atoms with E-state index >= 15 is 0 Å². The van der Waals surface area contributed by atoms with E-state index in [4.69, 9.17) is 5.73 Å². The standard InChI is InChI=1S/C12H13F4N3O4/c13-11(14)22-6-1-2-7(8(3-6)23-12(15)16)19-10(21)5-18-9(20)4-17/h1-3,11-12H,4-5,17H2,(H,18,20)(H,19,21). The largest absolute Gasteiger partial charge is 0.435 e. The van der Waals surface area contributed by atoms with Gasteiger partial charge >= 0.3 is 13.2 Å². The zero-order valence-corrected chi connectivity index (χ0v) is 11.5. The van der Waals surface area contributed by atoms with Gasteiger partial charge in [-0.1, -0.05) is 0 Å². The number of anilines is 1. The van der Waals surface area contributed by atoms with E-state index < -0.39 is 43.1 Å². The molecule has 0 unspecified atom stereocenters. The molecule has 0 aliphatic carbocycles. The number of benzene rings is 1. The summed E-state index contributed by atoms with van der Waals surface area (Å²) in [4.78, 5) is 22.5. The number of alkyl halides is 4. The SMILES string of the molecule is NCC(=O)NCC(=O)Nc1ccc(OC(F)F)cc1OC(F)F. The van der Waals surface area contributed by atoms with Gasteiger partial charge < -0.3 is 25.8 Å². The highest BCUT2D eigenvalue weighted by Gasteiger charge is 2.15. The van der Waals surface area contributed by atoms with Gasteiger partial charge in [0.25, 0.3) is 0 Å². The van der Waals surface area contributed by atoms with Gasteiger partial charge in [0.2, 0.25) is 11.8 Å². The van der Waals surface area contributed by atoms with Gasteiger partial charge in [-0.15, -0.1) is 0 Å². The Bertz CT molecular complexity index is 557. The van der Waals surface area contributed by atoms with Gasteiger partial charge in [-0.2, -0.15) is 17.6 Å². The molecule has 0 radical (unpaired) electrons. The van der Waals surface area contributed by atoms with Crippen LogP contribution in [-0.2, 0) is 9.59 Å². The number of amides is 2. The summed E-state index contributed by atoms with van der Waals surface area (Å²) in [5.41, 5.74) is 4.81. The summed E-state index contributed by atoms with van der Waals surface area (Å²) in [6.07, 6.45) is 0. The van der Waals surface area contributed by atoms with Crippen LogP contribution in [0.15, 0.2) is 18.2 Å². The normalized spacial score (nSPS) is 10.6. The lowest BCUT2D eigenvalue weighted by Crippen LogP contribution is -2.36. The van der Waals surface area contributed by atoms with E-state index in [1.54, 1.807) is 0 Å². The highest BCUT2D eigenvalue weighted by Crippen LogP contribution is 2.31. The summed E-state index contributed by atoms with van der Waals surface area (Å²) in [7, 11) is 0. The predicted molar refractivity (Wildman–Crippen MR) is 70.4 cm³/mol. The van der Waals surface area contributed by atoms with Crippen molar-refractivity contribution in [2.45, 2.75) is 13.2 Å². The number of carbonyl (C=O) groups is 2. The van der Waals surface area contributed by atoms with Crippen LogP contribution in [-0.4, -0.2) is 38.1 Å². The predicted octanol–water partition coefficient (Wildman–Crippen LogP) is 0.903. The van der Waals surface area contributed by atoms with Crippen molar-refractivity contribution in [2.75, 3.05) is 18.4 Å². The van der Waals surface area contributed by atoms with Gasteiger partial charge in [0.1, 0.15) is 5.75 Å². The molecule has 0 saturated carbocycles. The monoisotopic (exact) mass is 339 g/mol. The molecule has 1 aromatic rings. The lowest BCUT2D eigenvalue weighted by Gasteiger charge is -2.14. The van der Waals surface area contributed by atoms with Crippen LogP contribution in [0.3, 0.4) is 0 Å². The van der Waals surface area contributed by atoms with Crippen molar-refractivity contribution in [3.05, 3.63) is 18.2 Å². The molecule has 11 heteroatoms. The molecule has 0 aromatic heterocycles. The third-order valence-corrected chi connectivity index (χ3v) is 2.30. The van der Waals surface area contributed by atoms with Crippen LogP contribution in [0.25, 0.3) is 0 Å². The average Bonchev–Trinajstić information content (AvgIpc) is 2.46. The summed E-state index contributed by atoms with van der Waals surface area (Å²) in [6.45, 7) is -7.18. The molecular formula is C12H13F4N3O4. The second-order valence-corrected chi connectivity index (χ2v) is 3.94. The number of halogens is 4. The Morgan fingerprint density at radius 3 is 2.30 bits per heavy atom. The van der Waals surface area contributed by atoms with E-state index in [0.29, 0.717) is 0 Å². The van der Waals surface area contributed by atoms with Gasteiger partial charge in [0.15, 0.2) is 5.75 Å². The first-order chi connectivity index (χ1) is 10.8.